The molecule has 0 amide bonds. The Bertz CT molecular complexity index is 883. The van der Waals surface area contributed by atoms with Gasteiger partial charge in [-0.1, -0.05) is 117 Å². The fourth-order valence-electron chi connectivity index (χ4n) is 8.38. The predicted molar refractivity (Wildman–Crippen MR) is 210 cm³/mol. The van der Waals surface area contributed by atoms with E-state index >= 15 is 0 Å². The number of ether oxygens (including phenoxy) is 3. The summed E-state index contributed by atoms with van der Waals surface area (Å²) in [6.45, 7) is 5.98. The minimum absolute atomic E-state index is 0.00316. The molecule has 2 aliphatic carbocycles. The third kappa shape index (κ3) is 23.6. The molecule has 2 bridgehead atoms. The van der Waals surface area contributed by atoms with Gasteiger partial charge in [-0.15, -0.1) is 0 Å². The summed E-state index contributed by atoms with van der Waals surface area (Å²) >= 11 is 0. The third-order valence-corrected chi connectivity index (χ3v) is 11.5. The van der Waals surface area contributed by atoms with Crippen molar-refractivity contribution >= 4 is 17.9 Å². The fraction of sp³-hybridized carbons (Fsp3) is 0.932. The Hall–Kier alpha value is -1.63. The standard InChI is InChI=1S/C44H81NO6/c1-5-7-15-23-37(24-16-8-6-2)32-34-49-42(46)29-19-13-9-11-17-27-40(50-43(47)31-22-33-45(3)4)28-18-12-10-14-20-30-44(48)51-41-36-38-25-21-26-39(41)35-38/h37-41H,5-36H2,1-4H3. The summed E-state index contributed by atoms with van der Waals surface area (Å²) in [5.74, 6) is 1.99. The van der Waals surface area contributed by atoms with Gasteiger partial charge in [-0.3, -0.25) is 14.4 Å². The first-order chi connectivity index (χ1) is 24.8. The van der Waals surface area contributed by atoms with Crippen LogP contribution in [0.25, 0.3) is 0 Å². The lowest BCUT2D eigenvalue weighted by molar-refractivity contribution is -0.151. The van der Waals surface area contributed by atoms with Crippen LogP contribution in [-0.2, 0) is 28.6 Å². The monoisotopic (exact) mass is 720 g/mol. The van der Waals surface area contributed by atoms with Gasteiger partial charge in [0, 0.05) is 19.3 Å². The Labute approximate surface area is 314 Å². The SMILES string of the molecule is CCCCCC(CCCCC)CCOC(=O)CCCCCCCC(CCCCCCCC(=O)OC1CC2CCCC1C2)OC(=O)CCCN(C)C. The first-order valence-electron chi connectivity index (χ1n) is 22.0. The lowest BCUT2D eigenvalue weighted by Crippen LogP contribution is -2.21. The van der Waals surface area contributed by atoms with E-state index in [0.29, 0.717) is 37.7 Å². The van der Waals surface area contributed by atoms with Crippen molar-refractivity contribution < 1.29 is 28.6 Å². The third-order valence-electron chi connectivity index (χ3n) is 11.5. The molecular formula is C44H81NO6. The lowest BCUT2D eigenvalue weighted by Gasteiger charge is -2.21. The second-order valence-corrected chi connectivity index (χ2v) is 16.6. The first kappa shape index (κ1) is 45.5. The molecule has 4 atom stereocenters. The maximum atomic E-state index is 12.6. The molecule has 2 saturated carbocycles. The van der Waals surface area contributed by atoms with Crippen LogP contribution in [-0.4, -0.2) is 62.3 Å². The number of carbonyl (C=O) groups is 3. The fourth-order valence-corrected chi connectivity index (χ4v) is 8.38. The molecule has 0 N–H and O–H groups in total. The van der Waals surface area contributed by atoms with Crippen molar-refractivity contribution in [1.29, 1.82) is 0 Å². The molecule has 7 nitrogen and oxygen atoms in total. The number of carbonyl (C=O) groups excluding carboxylic acids is 3. The summed E-state index contributed by atoms with van der Waals surface area (Å²) in [6.07, 6.45) is 32.2. The van der Waals surface area contributed by atoms with Gasteiger partial charge in [0.05, 0.1) is 6.61 Å². The molecule has 0 aliphatic heterocycles. The van der Waals surface area contributed by atoms with E-state index in [4.69, 9.17) is 14.2 Å². The smallest absolute Gasteiger partial charge is 0.306 e. The van der Waals surface area contributed by atoms with Gasteiger partial charge in [-0.25, -0.2) is 0 Å². The molecule has 0 saturated heterocycles. The van der Waals surface area contributed by atoms with Gasteiger partial charge in [-0.05, 0) is 109 Å². The highest BCUT2D eigenvalue weighted by Gasteiger charge is 2.39. The van der Waals surface area contributed by atoms with Crippen LogP contribution in [0.1, 0.15) is 206 Å². The van der Waals surface area contributed by atoms with Crippen molar-refractivity contribution in [2.24, 2.45) is 17.8 Å². The van der Waals surface area contributed by atoms with Crippen molar-refractivity contribution in [2.45, 2.75) is 219 Å². The predicted octanol–water partition coefficient (Wildman–Crippen LogP) is 11.5. The van der Waals surface area contributed by atoms with Crippen LogP contribution < -0.4 is 0 Å². The zero-order chi connectivity index (χ0) is 36.9. The van der Waals surface area contributed by atoms with E-state index in [1.165, 1.54) is 77.0 Å². The van der Waals surface area contributed by atoms with Crippen LogP contribution in [0.3, 0.4) is 0 Å². The largest absolute Gasteiger partial charge is 0.466 e. The van der Waals surface area contributed by atoms with E-state index in [2.05, 4.69) is 18.7 Å². The van der Waals surface area contributed by atoms with Crippen molar-refractivity contribution in [3.8, 4) is 0 Å². The molecule has 0 aromatic carbocycles. The Morgan fingerprint density at radius 1 is 0.608 bits per heavy atom. The van der Waals surface area contributed by atoms with Gasteiger partial charge in [0.2, 0.25) is 0 Å². The first-order valence-corrected chi connectivity index (χ1v) is 22.0. The normalized spacial score (nSPS) is 19.1. The van der Waals surface area contributed by atoms with E-state index < -0.39 is 0 Å². The molecule has 0 spiro atoms. The maximum Gasteiger partial charge on any atom is 0.306 e. The molecule has 0 aromatic rings. The van der Waals surface area contributed by atoms with Crippen LogP contribution in [0.15, 0.2) is 0 Å². The minimum atomic E-state index is -0.0710. The second-order valence-electron chi connectivity index (χ2n) is 16.6. The van der Waals surface area contributed by atoms with Gasteiger partial charge in [-0.2, -0.15) is 0 Å². The van der Waals surface area contributed by atoms with E-state index in [9.17, 15) is 14.4 Å². The van der Waals surface area contributed by atoms with Crippen molar-refractivity contribution in [3.63, 3.8) is 0 Å². The second kappa shape index (κ2) is 29.8. The molecule has 7 heteroatoms. The minimum Gasteiger partial charge on any atom is -0.466 e. The average Bonchev–Trinajstić information content (AvgIpc) is 3.37. The average molecular weight is 720 g/mol. The summed E-state index contributed by atoms with van der Waals surface area (Å²) in [5.41, 5.74) is 0. The number of nitrogens with zero attached hydrogens (tertiary/aromatic N) is 1. The van der Waals surface area contributed by atoms with E-state index in [-0.39, 0.29) is 30.1 Å². The van der Waals surface area contributed by atoms with E-state index in [0.717, 1.165) is 109 Å². The molecule has 2 fully saturated rings. The number of esters is 3. The van der Waals surface area contributed by atoms with Crippen LogP contribution in [0.2, 0.25) is 0 Å². The summed E-state index contributed by atoms with van der Waals surface area (Å²) in [5, 5.41) is 0. The number of rotatable bonds is 33. The van der Waals surface area contributed by atoms with Crippen LogP contribution in [0.4, 0.5) is 0 Å². The summed E-state index contributed by atoms with van der Waals surface area (Å²) in [6, 6.07) is 0. The molecule has 2 rings (SSSR count). The van der Waals surface area contributed by atoms with Gasteiger partial charge in [0.25, 0.3) is 0 Å². The Morgan fingerprint density at radius 3 is 1.78 bits per heavy atom. The molecule has 0 aromatic heterocycles. The molecule has 0 radical (unpaired) electrons. The zero-order valence-corrected chi connectivity index (χ0v) is 33.9. The van der Waals surface area contributed by atoms with Crippen LogP contribution in [0.5, 0.6) is 0 Å². The Kier molecular flexibility index (Phi) is 26.6. The number of unbranched alkanes of at least 4 members (excludes halogenated alkanes) is 12. The molecule has 0 heterocycles. The molecule has 298 valence electrons. The van der Waals surface area contributed by atoms with Crippen LogP contribution in [0, 0.1) is 17.8 Å². The quantitative estimate of drug-likeness (QED) is 0.0379. The van der Waals surface area contributed by atoms with Crippen LogP contribution >= 0.6 is 0 Å². The lowest BCUT2D eigenvalue weighted by atomic mass is 9.89. The maximum absolute atomic E-state index is 12.6. The van der Waals surface area contributed by atoms with Crippen molar-refractivity contribution in [1.82, 2.24) is 4.90 Å². The van der Waals surface area contributed by atoms with Crippen molar-refractivity contribution in [3.05, 3.63) is 0 Å². The highest BCUT2D eigenvalue weighted by molar-refractivity contribution is 5.70. The number of hydrogen-bond acceptors (Lipinski definition) is 7. The van der Waals surface area contributed by atoms with Gasteiger partial charge >= 0.3 is 17.9 Å². The van der Waals surface area contributed by atoms with Gasteiger partial charge < -0.3 is 19.1 Å². The van der Waals surface area contributed by atoms with Gasteiger partial charge in [0.15, 0.2) is 0 Å². The highest BCUT2D eigenvalue weighted by Crippen LogP contribution is 2.43. The van der Waals surface area contributed by atoms with E-state index in [1.54, 1.807) is 0 Å². The zero-order valence-electron chi connectivity index (χ0n) is 33.9. The Morgan fingerprint density at radius 2 is 1.18 bits per heavy atom. The van der Waals surface area contributed by atoms with Gasteiger partial charge in [0.1, 0.15) is 12.2 Å². The topological polar surface area (TPSA) is 82.1 Å². The van der Waals surface area contributed by atoms with E-state index in [1.807, 2.05) is 14.1 Å². The highest BCUT2D eigenvalue weighted by atomic mass is 16.5. The number of fused-ring (bicyclic) bond motifs is 2. The number of hydrogen-bond donors (Lipinski definition) is 0. The summed E-state index contributed by atoms with van der Waals surface area (Å²) in [4.78, 5) is 39.5. The molecular weight excluding hydrogens is 638 g/mol. The molecule has 2 aliphatic rings. The summed E-state index contributed by atoms with van der Waals surface area (Å²) in [7, 11) is 4.06. The molecule has 51 heavy (non-hydrogen) atoms. The Balaban J connectivity index is 1.56. The van der Waals surface area contributed by atoms with Crippen molar-refractivity contribution in [2.75, 3.05) is 27.2 Å². The molecule has 4 unspecified atom stereocenters. The summed E-state index contributed by atoms with van der Waals surface area (Å²) < 4.78 is 17.5.